The van der Waals surface area contributed by atoms with Crippen molar-refractivity contribution in [2.45, 2.75) is 57.8 Å². The Bertz CT molecular complexity index is 1250. The quantitative estimate of drug-likeness (QED) is 0.472. The third kappa shape index (κ3) is 6.02. The minimum Gasteiger partial charge on any atom is -0.493 e. The largest absolute Gasteiger partial charge is 0.493 e. The topological polar surface area (TPSA) is 108 Å². The van der Waals surface area contributed by atoms with Crippen molar-refractivity contribution in [2.75, 3.05) is 27.4 Å². The lowest BCUT2D eigenvalue weighted by Gasteiger charge is -2.35. The van der Waals surface area contributed by atoms with Crippen molar-refractivity contribution in [1.29, 1.82) is 0 Å². The van der Waals surface area contributed by atoms with E-state index in [9.17, 15) is 9.59 Å². The first kappa shape index (κ1) is 26.4. The highest BCUT2D eigenvalue weighted by atomic mass is 16.5. The standard InChI is InChI=1S/C27H35N5O5/c1-27(2,3)28-26(34)24(19-11-8-14-22(35-4)25(19)36-5)31(16-18-10-9-15-37-18)23(33)17-32-21-13-7-6-12-20(21)29-30-32/h6-8,11-14,18,24H,9-10,15-17H2,1-5H3,(H,28,34)/t18-,24-/m0/s1. The predicted octanol–water partition coefficient (Wildman–Crippen LogP) is 3.11. The highest BCUT2D eigenvalue weighted by Crippen LogP contribution is 2.38. The van der Waals surface area contributed by atoms with Crippen LogP contribution in [0.4, 0.5) is 0 Å². The molecule has 2 atom stereocenters. The fourth-order valence-electron chi connectivity index (χ4n) is 4.63. The molecule has 0 radical (unpaired) electrons. The van der Waals surface area contributed by atoms with E-state index in [1.807, 2.05) is 45.0 Å². The normalized spacial score (nSPS) is 16.4. The van der Waals surface area contributed by atoms with Crippen molar-refractivity contribution in [1.82, 2.24) is 25.2 Å². The van der Waals surface area contributed by atoms with E-state index < -0.39 is 11.6 Å². The Morgan fingerprint density at radius 1 is 1.16 bits per heavy atom. The summed E-state index contributed by atoms with van der Waals surface area (Å²) in [7, 11) is 3.06. The first-order valence-electron chi connectivity index (χ1n) is 12.4. The smallest absolute Gasteiger partial charge is 0.247 e. The predicted molar refractivity (Wildman–Crippen MR) is 138 cm³/mol. The minimum absolute atomic E-state index is 0.0845. The van der Waals surface area contributed by atoms with E-state index in [1.54, 1.807) is 27.8 Å². The molecule has 1 aliphatic rings. The molecule has 4 rings (SSSR count). The van der Waals surface area contributed by atoms with Crippen LogP contribution in [-0.4, -0.2) is 70.7 Å². The number of hydrogen-bond acceptors (Lipinski definition) is 7. The molecule has 0 unspecified atom stereocenters. The van der Waals surface area contributed by atoms with Gasteiger partial charge in [-0.05, 0) is 51.8 Å². The van der Waals surface area contributed by atoms with Gasteiger partial charge in [0, 0.05) is 24.3 Å². The highest BCUT2D eigenvalue weighted by Gasteiger charge is 2.38. The summed E-state index contributed by atoms with van der Waals surface area (Å²) in [6, 6.07) is 11.8. The lowest BCUT2D eigenvalue weighted by molar-refractivity contribution is -0.143. The summed E-state index contributed by atoms with van der Waals surface area (Å²) >= 11 is 0. The molecule has 2 aromatic carbocycles. The maximum absolute atomic E-state index is 14.0. The van der Waals surface area contributed by atoms with Gasteiger partial charge in [-0.2, -0.15) is 0 Å². The van der Waals surface area contributed by atoms with Crippen LogP contribution in [0.25, 0.3) is 11.0 Å². The maximum Gasteiger partial charge on any atom is 0.247 e. The van der Waals surface area contributed by atoms with E-state index in [1.165, 1.54) is 14.2 Å². The van der Waals surface area contributed by atoms with Crippen molar-refractivity contribution < 1.29 is 23.8 Å². The lowest BCUT2D eigenvalue weighted by Crippen LogP contribution is -2.51. The molecule has 10 nitrogen and oxygen atoms in total. The maximum atomic E-state index is 14.0. The zero-order chi connectivity index (χ0) is 26.6. The lowest BCUT2D eigenvalue weighted by atomic mass is 9.99. The molecule has 0 aliphatic carbocycles. The number of nitrogens with zero attached hydrogens (tertiary/aromatic N) is 4. The molecule has 1 saturated heterocycles. The molecule has 1 fully saturated rings. The molecule has 0 saturated carbocycles. The Kier molecular flexibility index (Phi) is 7.97. The van der Waals surface area contributed by atoms with Crippen molar-refractivity contribution in [2.24, 2.45) is 0 Å². The molecule has 0 bridgehead atoms. The van der Waals surface area contributed by atoms with Crippen LogP contribution in [0.15, 0.2) is 42.5 Å². The van der Waals surface area contributed by atoms with Crippen molar-refractivity contribution in [3.05, 3.63) is 48.0 Å². The molecule has 1 aromatic heterocycles. The number of para-hydroxylation sites is 2. The molecular weight excluding hydrogens is 474 g/mol. The van der Waals surface area contributed by atoms with Crippen molar-refractivity contribution >= 4 is 22.8 Å². The SMILES string of the molecule is COc1cccc([C@@H](C(=O)NC(C)(C)C)N(C[C@@H]2CCCO2)C(=O)Cn2nnc3ccccc32)c1OC. The third-order valence-electron chi connectivity index (χ3n) is 6.24. The van der Waals surface area contributed by atoms with Gasteiger partial charge >= 0.3 is 0 Å². The Morgan fingerprint density at radius 3 is 2.62 bits per heavy atom. The summed E-state index contributed by atoms with van der Waals surface area (Å²) in [5.41, 5.74) is 1.43. The van der Waals surface area contributed by atoms with E-state index in [0.29, 0.717) is 29.2 Å². The van der Waals surface area contributed by atoms with Gasteiger partial charge in [0.2, 0.25) is 11.8 Å². The van der Waals surface area contributed by atoms with Crippen molar-refractivity contribution in [3.8, 4) is 11.5 Å². The van der Waals surface area contributed by atoms with Gasteiger partial charge in [0.15, 0.2) is 11.5 Å². The minimum atomic E-state index is -0.990. The van der Waals surface area contributed by atoms with Gasteiger partial charge in [-0.15, -0.1) is 5.10 Å². The Balaban J connectivity index is 1.79. The first-order valence-corrected chi connectivity index (χ1v) is 12.4. The molecule has 2 heterocycles. The molecule has 10 heteroatoms. The number of ether oxygens (including phenoxy) is 3. The average molecular weight is 510 g/mol. The van der Waals surface area contributed by atoms with Crippen LogP contribution in [0.3, 0.4) is 0 Å². The van der Waals surface area contributed by atoms with Crippen LogP contribution in [0.1, 0.15) is 45.2 Å². The van der Waals surface area contributed by atoms with Crippen LogP contribution in [0.5, 0.6) is 11.5 Å². The van der Waals surface area contributed by atoms with Crippen molar-refractivity contribution in [3.63, 3.8) is 0 Å². The zero-order valence-corrected chi connectivity index (χ0v) is 22.1. The molecule has 1 N–H and O–H groups in total. The summed E-state index contributed by atoms with van der Waals surface area (Å²) in [6.45, 7) is 6.49. The molecule has 0 spiro atoms. The number of amides is 2. The number of methoxy groups -OCH3 is 2. The van der Waals surface area contributed by atoms with E-state index in [-0.39, 0.29) is 31.0 Å². The number of nitrogens with one attached hydrogen (secondary N) is 1. The van der Waals surface area contributed by atoms with Gasteiger partial charge in [0.25, 0.3) is 0 Å². The van der Waals surface area contributed by atoms with E-state index in [4.69, 9.17) is 14.2 Å². The molecule has 198 valence electrons. The van der Waals surface area contributed by atoms with E-state index in [2.05, 4.69) is 15.6 Å². The molecule has 2 amide bonds. The van der Waals surface area contributed by atoms with E-state index in [0.717, 1.165) is 18.4 Å². The van der Waals surface area contributed by atoms with Crippen LogP contribution in [0, 0.1) is 0 Å². The molecule has 37 heavy (non-hydrogen) atoms. The third-order valence-corrected chi connectivity index (χ3v) is 6.24. The second-order valence-electron chi connectivity index (χ2n) is 10.1. The van der Waals surface area contributed by atoms with Crippen LogP contribution < -0.4 is 14.8 Å². The summed E-state index contributed by atoms with van der Waals surface area (Å²) in [5, 5.41) is 11.4. The van der Waals surface area contributed by atoms with Gasteiger partial charge < -0.3 is 24.4 Å². The Labute approximate surface area is 216 Å². The number of hydrogen-bond donors (Lipinski definition) is 1. The molecular formula is C27H35N5O5. The fraction of sp³-hybridized carbons (Fsp3) is 0.481. The number of aromatic nitrogens is 3. The molecule has 3 aromatic rings. The van der Waals surface area contributed by atoms with Crippen LogP contribution in [-0.2, 0) is 20.9 Å². The Morgan fingerprint density at radius 2 is 1.95 bits per heavy atom. The fourth-order valence-corrected chi connectivity index (χ4v) is 4.63. The average Bonchev–Trinajstić information content (AvgIpc) is 3.52. The zero-order valence-electron chi connectivity index (χ0n) is 22.1. The van der Waals surface area contributed by atoms with Gasteiger partial charge in [-0.3, -0.25) is 9.59 Å². The summed E-state index contributed by atoms with van der Waals surface area (Å²) < 4.78 is 18.6. The van der Waals surface area contributed by atoms with Gasteiger partial charge in [0.05, 0.1) is 25.8 Å². The number of carbonyl (C=O) groups excluding carboxylic acids is 2. The number of benzene rings is 2. The van der Waals surface area contributed by atoms with E-state index >= 15 is 0 Å². The monoisotopic (exact) mass is 509 g/mol. The first-order chi connectivity index (χ1) is 17.7. The number of carbonyl (C=O) groups is 2. The second-order valence-corrected chi connectivity index (χ2v) is 10.1. The Hall–Kier alpha value is -3.66. The second kappa shape index (κ2) is 11.2. The van der Waals surface area contributed by atoms with Gasteiger partial charge in [-0.25, -0.2) is 4.68 Å². The van der Waals surface area contributed by atoms with Crippen LogP contribution in [0.2, 0.25) is 0 Å². The van der Waals surface area contributed by atoms with Gasteiger partial charge in [-0.1, -0.05) is 29.5 Å². The number of rotatable bonds is 9. The number of fused-ring (bicyclic) bond motifs is 1. The molecule has 1 aliphatic heterocycles. The summed E-state index contributed by atoms with van der Waals surface area (Å²) in [6.07, 6.45) is 1.53. The summed E-state index contributed by atoms with van der Waals surface area (Å²) in [5.74, 6) is 0.259. The summed E-state index contributed by atoms with van der Waals surface area (Å²) in [4.78, 5) is 29.5. The highest BCUT2D eigenvalue weighted by molar-refractivity contribution is 5.90. The van der Waals surface area contributed by atoms with Gasteiger partial charge in [0.1, 0.15) is 18.1 Å². The van der Waals surface area contributed by atoms with Crippen LogP contribution >= 0.6 is 0 Å².